The van der Waals surface area contributed by atoms with Gasteiger partial charge in [0.2, 0.25) is 0 Å². The molecule has 5 heteroatoms. The second-order valence-electron chi connectivity index (χ2n) is 4.20. The molecule has 0 aromatic heterocycles. The zero-order valence-electron chi connectivity index (χ0n) is 11.2. The van der Waals surface area contributed by atoms with Crippen LogP contribution in [0.25, 0.3) is 0 Å². The Kier molecular flexibility index (Phi) is 6.96. The average Bonchev–Trinajstić information content (AvgIpc) is 2.38. The van der Waals surface area contributed by atoms with Crippen molar-refractivity contribution in [1.82, 2.24) is 10.2 Å². The standard InChI is InChI=1S/C12H25N3O2/c1-13-12(14-2)15-7-5-11(6-8-15)17-10-4-9-16-3/h11H,4-10H2,1-3H3,(H,13,14). The molecule has 0 bridgehead atoms. The summed E-state index contributed by atoms with van der Waals surface area (Å²) in [6, 6.07) is 0. The van der Waals surface area contributed by atoms with Crippen molar-refractivity contribution in [1.29, 1.82) is 0 Å². The lowest BCUT2D eigenvalue weighted by atomic mass is 10.1. The number of piperidine rings is 1. The number of guanidine groups is 1. The van der Waals surface area contributed by atoms with Gasteiger partial charge in [0, 0.05) is 47.5 Å². The van der Waals surface area contributed by atoms with Crippen molar-refractivity contribution < 1.29 is 9.47 Å². The van der Waals surface area contributed by atoms with Crippen molar-refractivity contribution in [3.05, 3.63) is 0 Å². The lowest BCUT2D eigenvalue weighted by molar-refractivity contribution is 0.00996. The van der Waals surface area contributed by atoms with E-state index >= 15 is 0 Å². The van der Waals surface area contributed by atoms with Gasteiger partial charge in [0.1, 0.15) is 0 Å². The Hall–Kier alpha value is -0.810. The Morgan fingerprint density at radius 3 is 2.59 bits per heavy atom. The second-order valence-corrected chi connectivity index (χ2v) is 4.20. The molecule has 0 aliphatic carbocycles. The summed E-state index contributed by atoms with van der Waals surface area (Å²) in [7, 11) is 5.46. The largest absolute Gasteiger partial charge is 0.385 e. The van der Waals surface area contributed by atoms with Crippen LogP contribution in [0.4, 0.5) is 0 Å². The van der Waals surface area contributed by atoms with Crippen LogP contribution in [-0.2, 0) is 9.47 Å². The first-order valence-electron chi connectivity index (χ1n) is 6.31. The minimum absolute atomic E-state index is 0.401. The fourth-order valence-electron chi connectivity index (χ4n) is 2.10. The predicted octanol–water partition coefficient (Wildman–Crippen LogP) is 0.709. The van der Waals surface area contributed by atoms with Crippen molar-refractivity contribution >= 4 is 5.96 Å². The normalized spacial score (nSPS) is 18.5. The van der Waals surface area contributed by atoms with Crippen LogP contribution < -0.4 is 5.32 Å². The summed E-state index contributed by atoms with van der Waals surface area (Å²) in [6.07, 6.45) is 3.54. The van der Waals surface area contributed by atoms with Gasteiger partial charge >= 0.3 is 0 Å². The van der Waals surface area contributed by atoms with E-state index in [9.17, 15) is 0 Å². The molecular formula is C12H25N3O2. The number of aliphatic imine (C=N–C) groups is 1. The minimum Gasteiger partial charge on any atom is -0.385 e. The SMILES string of the molecule is CN=C(NC)N1CCC(OCCCOC)CC1. The number of hydrogen-bond donors (Lipinski definition) is 1. The number of rotatable bonds is 5. The first-order chi connectivity index (χ1) is 8.31. The number of methoxy groups -OCH3 is 1. The lowest BCUT2D eigenvalue weighted by Crippen LogP contribution is -2.45. The van der Waals surface area contributed by atoms with Crippen LogP contribution in [0.1, 0.15) is 19.3 Å². The molecule has 0 radical (unpaired) electrons. The molecule has 1 saturated heterocycles. The van der Waals surface area contributed by atoms with Crippen molar-refractivity contribution in [2.24, 2.45) is 4.99 Å². The third kappa shape index (κ3) is 4.91. The molecule has 1 aliphatic rings. The van der Waals surface area contributed by atoms with E-state index in [4.69, 9.17) is 9.47 Å². The van der Waals surface area contributed by atoms with Crippen LogP contribution in [-0.4, -0.2) is 64.5 Å². The summed E-state index contributed by atoms with van der Waals surface area (Å²) in [5.41, 5.74) is 0. The van der Waals surface area contributed by atoms with Gasteiger partial charge in [-0.25, -0.2) is 0 Å². The van der Waals surface area contributed by atoms with Crippen LogP contribution in [0.5, 0.6) is 0 Å². The van der Waals surface area contributed by atoms with Crippen molar-refractivity contribution in [2.45, 2.75) is 25.4 Å². The molecule has 1 heterocycles. The minimum atomic E-state index is 0.401. The van der Waals surface area contributed by atoms with E-state index < -0.39 is 0 Å². The van der Waals surface area contributed by atoms with Gasteiger partial charge < -0.3 is 19.7 Å². The quantitative estimate of drug-likeness (QED) is 0.439. The maximum atomic E-state index is 5.81. The molecule has 0 spiro atoms. The molecule has 100 valence electrons. The molecule has 0 saturated carbocycles. The number of nitrogens with zero attached hydrogens (tertiary/aromatic N) is 2. The van der Waals surface area contributed by atoms with Gasteiger partial charge in [0.05, 0.1) is 6.10 Å². The number of hydrogen-bond acceptors (Lipinski definition) is 3. The lowest BCUT2D eigenvalue weighted by Gasteiger charge is -2.33. The molecule has 1 fully saturated rings. The van der Waals surface area contributed by atoms with E-state index in [1.807, 2.05) is 14.1 Å². The first kappa shape index (κ1) is 14.3. The van der Waals surface area contributed by atoms with Gasteiger partial charge in [-0.3, -0.25) is 4.99 Å². The molecule has 0 aromatic rings. The molecule has 0 atom stereocenters. The summed E-state index contributed by atoms with van der Waals surface area (Å²) in [4.78, 5) is 6.49. The predicted molar refractivity (Wildman–Crippen MR) is 69.5 cm³/mol. The molecule has 1 rings (SSSR count). The maximum absolute atomic E-state index is 5.81. The summed E-state index contributed by atoms with van der Waals surface area (Å²) in [5, 5.41) is 3.11. The van der Waals surface area contributed by atoms with Gasteiger partial charge in [0.25, 0.3) is 0 Å². The summed E-state index contributed by atoms with van der Waals surface area (Å²) >= 11 is 0. The van der Waals surface area contributed by atoms with Crippen LogP contribution >= 0.6 is 0 Å². The highest BCUT2D eigenvalue weighted by molar-refractivity contribution is 5.79. The highest BCUT2D eigenvalue weighted by Crippen LogP contribution is 2.13. The Bertz CT molecular complexity index is 226. The Morgan fingerprint density at radius 2 is 2.06 bits per heavy atom. The van der Waals surface area contributed by atoms with Gasteiger partial charge in [-0.15, -0.1) is 0 Å². The van der Waals surface area contributed by atoms with Gasteiger partial charge in [-0.2, -0.15) is 0 Å². The smallest absolute Gasteiger partial charge is 0.193 e. The van der Waals surface area contributed by atoms with E-state index in [2.05, 4.69) is 15.2 Å². The molecule has 1 aliphatic heterocycles. The van der Waals surface area contributed by atoms with Gasteiger partial charge in [0.15, 0.2) is 5.96 Å². The molecule has 0 unspecified atom stereocenters. The zero-order chi connectivity index (χ0) is 12.5. The number of ether oxygens (including phenoxy) is 2. The second kappa shape index (κ2) is 8.31. The van der Waals surface area contributed by atoms with Gasteiger partial charge in [-0.1, -0.05) is 0 Å². The van der Waals surface area contributed by atoms with E-state index in [1.165, 1.54) is 0 Å². The Labute approximate surface area is 104 Å². The molecule has 0 amide bonds. The van der Waals surface area contributed by atoms with E-state index in [0.29, 0.717) is 6.10 Å². The third-order valence-electron chi connectivity index (χ3n) is 3.02. The summed E-state index contributed by atoms with van der Waals surface area (Å²) in [6.45, 7) is 3.62. The van der Waals surface area contributed by atoms with E-state index in [0.717, 1.165) is 51.5 Å². The maximum Gasteiger partial charge on any atom is 0.193 e. The molecule has 0 aromatic carbocycles. The zero-order valence-corrected chi connectivity index (χ0v) is 11.2. The molecule has 17 heavy (non-hydrogen) atoms. The van der Waals surface area contributed by atoms with Crippen molar-refractivity contribution in [2.75, 3.05) is 47.5 Å². The summed E-state index contributed by atoms with van der Waals surface area (Å²) < 4.78 is 10.8. The van der Waals surface area contributed by atoms with E-state index in [1.54, 1.807) is 7.11 Å². The van der Waals surface area contributed by atoms with Gasteiger partial charge in [-0.05, 0) is 19.3 Å². The van der Waals surface area contributed by atoms with E-state index in [-0.39, 0.29) is 0 Å². The highest BCUT2D eigenvalue weighted by atomic mass is 16.5. The molecular weight excluding hydrogens is 218 g/mol. The van der Waals surface area contributed by atoms with Crippen molar-refractivity contribution in [3.8, 4) is 0 Å². The monoisotopic (exact) mass is 243 g/mol. The topological polar surface area (TPSA) is 46.1 Å². The Morgan fingerprint density at radius 1 is 1.35 bits per heavy atom. The van der Waals surface area contributed by atoms with Crippen LogP contribution in [0.3, 0.4) is 0 Å². The third-order valence-corrected chi connectivity index (χ3v) is 3.02. The average molecular weight is 243 g/mol. The molecule has 5 nitrogen and oxygen atoms in total. The summed E-state index contributed by atoms with van der Waals surface area (Å²) in [5.74, 6) is 0.975. The first-order valence-corrected chi connectivity index (χ1v) is 6.31. The fraction of sp³-hybridized carbons (Fsp3) is 0.917. The van der Waals surface area contributed by atoms with Crippen LogP contribution in [0.2, 0.25) is 0 Å². The number of likely N-dealkylation sites (tertiary alicyclic amines) is 1. The van der Waals surface area contributed by atoms with Crippen LogP contribution in [0.15, 0.2) is 4.99 Å². The molecule has 1 N–H and O–H groups in total. The van der Waals surface area contributed by atoms with Crippen LogP contribution in [0, 0.1) is 0 Å². The Balaban J connectivity index is 2.17. The fourth-order valence-corrected chi connectivity index (χ4v) is 2.10. The van der Waals surface area contributed by atoms with Crippen molar-refractivity contribution in [3.63, 3.8) is 0 Å². The number of nitrogens with one attached hydrogen (secondary N) is 1. The highest BCUT2D eigenvalue weighted by Gasteiger charge is 2.20.